The van der Waals surface area contributed by atoms with Gasteiger partial charge in [0.05, 0.1) is 31.9 Å². The van der Waals surface area contributed by atoms with E-state index in [0.717, 1.165) is 28.5 Å². The van der Waals surface area contributed by atoms with Crippen LogP contribution in [0.4, 0.5) is 0 Å². The summed E-state index contributed by atoms with van der Waals surface area (Å²) in [6, 6.07) is 18.6. The van der Waals surface area contributed by atoms with Crippen LogP contribution in [0.15, 0.2) is 54.6 Å². The van der Waals surface area contributed by atoms with Crippen LogP contribution in [0.2, 0.25) is 0 Å². The van der Waals surface area contributed by atoms with Gasteiger partial charge in [-0.1, -0.05) is 42.5 Å². The number of benzene rings is 2. The first kappa shape index (κ1) is 16.1. The van der Waals surface area contributed by atoms with Crippen LogP contribution in [0, 0.1) is 0 Å². The Bertz CT molecular complexity index is 876. The molecule has 4 heteroatoms. The van der Waals surface area contributed by atoms with Gasteiger partial charge in [0.15, 0.2) is 0 Å². The van der Waals surface area contributed by atoms with Crippen LogP contribution in [0.5, 0.6) is 5.88 Å². The predicted molar refractivity (Wildman–Crippen MR) is 97.1 cm³/mol. The highest BCUT2D eigenvalue weighted by Crippen LogP contribution is 2.28. The first-order valence-corrected chi connectivity index (χ1v) is 8.52. The van der Waals surface area contributed by atoms with Gasteiger partial charge in [-0.2, -0.15) is 0 Å². The highest BCUT2D eigenvalue weighted by atomic mass is 16.5. The first-order valence-electron chi connectivity index (χ1n) is 8.52. The lowest BCUT2D eigenvalue weighted by atomic mass is 9.94. The molecule has 25 heavy (non-hydrogen) atoms. The highest BCUT2D eigenvalue weighted by Gasteiger charge is 2.27. The molecule has 0 spiro atoms. The molecule has 1 aromatic heterocycles. The lowest BCUT2D eigenvalue weighted by Gasteiger charge is -2.14. The molecule has 4 nitrogen and oxygen atoms in total. The SMILES string of the molecule is COc1nc2ccccc2cc1Cc1ccc(C2COCC2O)cc1. The normalized spacial score (nSPS) is 20.1. The average molecular weight is 335 g/mol. The largest absolute Gasteiger partial charge is 0.481 e. The van der Waals surface area contributed by atoms with Crippen LogP contribution < -0.4 is 4.74 Å². The number of rotatable bonds is 4. The Kier molecular flexibility index (Phi) is 4.38. The fourth-order valence-electron chi connectivity index (χ4n) is 3.41. The number of fused-ring (bicyclic) bond motifs is 1. The Balaban J connectivity index is 1.60. The summed E-state index contributed by atoms with van der Waals surface area (Å²) in [5, 5.41) is 11.1. The van der Waals surface area contributed by atoms with Crippen molar-refractivity contribution in [1.29, 1.82) is 0 Å². The topological polar surface area (TPSA) is 51.6 Å². The van der Waals surface area contributed by atoms with E-state index in [2.05, 4.69) is 41.4 Å². The zero-order valence-corrected chi connectivity index (χ0v) is 14.2. The lowest BCUT2D eigenvalue weighted by Crippen LogP contribution is -2.15. The van der Waals surface area contributed by atoms with Crippen LogP contribution >= 0.6 is 0 Å². The van der Waals surface area contributed by atoms with Gasteiger partial charge in [0, 0.05) is 23.3 Å². The Morgan fingerprint density at radius 3 is 2.64 bits per heavy atom. The van der Waals surface area contributed by atoms with Gasteiger partial charge in [0.25, 0.3) is 0 Å². The third-order valence-corrected chi connectivity index (χ3v) is 4.81. The Morgan fingerprint density at radius 1 is 1.12 bits per heavy atom. The van der Waals surface area contributed by atoms with Gasteiger partial charge in [-0.05, 0) is 23.3 Å². The molecule has 0 amide bonds. The van der Waals surface area contributed by atoms with Crippen LogP contribution in [0.3, 0.4) is 0 Å². The number of ether oxygens (including phenoxy) is 2. The molecule has 0 saturated carbocycles. The van der Waals surface area contributed by atoms with E-state index in [1.54, 1.807) is 7.11 Å². The maximum atomic E-state index is 9.97. The molecule has 2 aromatic carbocycles. The number of aliphatic hydroxyl groups excluding tert-OH is 1. The zero-order chi connectivity index (χ0) is 17.2. The molecule has 128 valence electrons. The van der Waals surface area contributed by atoms with Gasteiger partial charge >= 0.3 is 0 Å². The fourth-order valence-corrected chi connectivity index (χ4v) is 3.41. The van der Waals surface area contributed by atoms with Gasteiger partial charge < -0.3 is 14.6 Å². The Labute approximate surface area is 147 Å². The second-order valence-electron chi connectivity index (χ2n) is 6.48. The zero-order valence-electron chi connectivity index (χ0n) is 14.2. The smallest absolute Gasteiger partial charge is 0.217 e. The Hall–Kier alpha value is -2.43. The minimum atomic E-state index is -0.407. The van der Waals surface area contributed by atoms with Crippen molar-refractivity contribution in [2.24, 2.45) is 0 Å². The maximum absolute atomic E-state index is 9.97. The van der Waals surface area contributed by atoms with Crippen molar-refractivity contribution in [1.82, 2.24) is 4.98 Å². The summed E-state index contributed by atoms with van der Waals surface area (Å²) in [5.74, 6) is 0.744. The van der Waals surface area contributed by atoms with Gasteiger partial charge in [0.2, 0.25) is 5.88 Å². The fraction of sp³-hybridized carbons (Fsp3) is 0.286. The molecule has 1 fully saturated rings. The van der Waals surface area contributed by atoms with E-state index in [9.17, 15) is 5.11 Å². The molecule has 1 aliphatic heterocycles. The summed E-state index contributed by atoms with van der Waals surface area (Å²) in [4.78, 5) is 4.61. The van der Waals surface area contributed by atoms with Gasteiger partial charge in [-0.25, -0.2) is 4.98 Å². The second kappa shape index (κ2) is 6.82. The number of para-hydroxylation sites is 1. The number of hydrogen-bond donors (Lipinski definition) is 1. The molecule has 2 heterocycles. The summed E-state index contributed by atoms with van der Waals surface area (Å²) in [6.07, 6.45) is 0.348. The molecular weight excluding hydrogens is 314 g/mol. The molecule has 1 saturated heterocycles. The molecule has 4 rings (SSSR count). The number of methoxy groups -OCH3 is 1. The Morgan fingerprint density at radius 2 is 1.92 bits per heavy atom. The second-order valence-corrected chi connectivity index (χ2v) is 6.48. The predicted octanol–water partition coefficient (Wildman–Crippen LogP) is 3.31. The summed E-state index contributed by atoms with van der Waals surface area (Å²) in [5.41, 5.74) is 4.32. The van der Waals surface area contributed by atoms with Crippen LogP contribution in [-0.2, 0) is 11.2 Å². The van der Waals surface area contributed by atoms with Crippen molar-refractivity contribution < 1.29 is 14.6 Å². The number of pyridine rings is 1. The van der Waals surface area contributed by atoms with E-state index in [-0.39, 0.29) is 5.92 Å². The van der Waals surface area contributed by atoms with Crippen molar-refractivity contribution >= 4 is 10.9 Å². The van der Waals surface area contributed by atoms with Crippen molar-refractivity contribution in [2.75, 3.05) is 20.3 Å². The van der Waals surface area contributed by atoms with E-state index >= 15 is 0 Å². The third kappa shape index (κ3) is 3.23. The molecular formula is C21H21NO3. The van der Waals surface area contributed by atoms with Gasteiger partial charge in [-0.15, -0.1) is 0 Å². The maximum Gasteiger partial charge on any atom is 0.217 e. The van der Waals surface area contributed by atoms with Crippen LogP contribution in [0.25, 0.3) is 10.9 Å². The quantitative estimate of drug-likeness (QED) is 0.795. The van der Waals surface area contributed by atoms with Gasteiger partial charge in [0.1, 0.15) is 0 Å². The number of hydrogen-bond acceptors (Lipinski definition) is 4. The summed E-state index contributed by atoms with van der Waals surface area (Å²) >= 11 is 0. The number of aromatic nitrogens is 1. The van der Waals surface area contributed by atoms with Crippen LogP contribution in [-0.4, -0.2) is 36.5 Å². The lowest BCUT2D eigenvalue weighted by molar-refractivity contribution is 0.124. The minimum absolute atomic E-state index is 0.0749. The molecule has 0 aliphatic carbocycles. The third-order valence-electron chi connectivity index (χ3n) is 4.81. The highest BCUT2D eigenvalue weighted by molar-refractivity contribution is 5.80. The average Bonchev–Trinajstić information content (AvgIpc) is 3.08. The van der Waals surface area contributed by atoms with Crippen molar-refractivity contribution in [3.05, 3.63) is 71.3 Å². The summed E-state index contributed by atoms with van der Waals surface area (Å²) < 4.78 is 10.8. The van der Waals surface area contributed by atoms with E-state index in [4.69, 9.17) is 9.47 Å². The van der Waals surface area contributed by atoms with Crippen LogP contribution in [0.1, 0.15) is 22.6 Å². The summed E-state index contributed by atoms with van der Waals surface area (Å²) in [6.45, 7) is 1.01. The van der Waals surface area contributed by atoms with E-state index < -0.39 is 6.10 Å². The molecule has 2 unspecified atom stereocenters. The standard InChI is InChI=1S/C21H21NO3/c1-24-21-17(11-16-4-2-3-5-19(16)22-21)10-14-6-8-15(9-7-14)18-12-25-13-20(18)23/h2-9,11,18,20,23H,10,12-13H2,1H3. The van der Waals surface area contributed by atoms with Crippen molar-refractivity contribution in [2.45, 2.75) is 18.4 Å². The van der Waals surface area contributed by atoms with Crippen molar-refractivity contribution in [3.63, 3.8) is 0 Å². The van der Waals surface area contributed by atoms with E-state index in [1.807, 2.05) is 18.2 Å². The molecule has 1 N–H and O–H groups in total. The molecule has 1 aliphatic rings. The molecule has 0 radical (unpaired) electrons. The van der Waals surface area contributed by atoms with E-state index in [0.29, 0.717) is 19.1 Å². The number of aliphatic hydroxyl groups is 1. The summed E-state index contributed by atoms with van der Waals surface area (Å²) in [7, 11) is 1.66. The van der Waals surface area contributed by atoms with E-state index in [1.165, 1.54) is 5.56 Å². The number of nitrogens with zero attached hydrogens (tertiary/aromatic N) is 1. The molecule has 3 aromatic rings. The molecule has 0 bridgehead atoms. The van der Waals surface area contributed by atoms with Gasteiger partial charge in [-0.3, -0.25) is 0 Å². The molecule has 2 atom stereocenters. The minimum Gasteiger partial charge on any atom is -0.481 e. The monoisotopic (exact) mass is 335 g/mol. The first-order chi connectivity index (χ1) is 12.2. The van der Waals surface area contributed by atoms with Crippen molar-refractivity contribution in [3.8, 4) is 5.88 Å².